The van der Waals surface area contributed by atoms with Gasteiger partial charge in [-0.15, -0.1) is 0 Å². The van der Waals surface area contributed by atoms with E-state index in [0.717, 1.165) is 37.9 Å². The second-order valence-corrected chi connectivity index (χ2v) is 6.74. The molecule has 0 bridgehead atoms. The summed E-state index contributed by atoms with van der Waals surface area (Å²) in [5, 5.41) is 10.1. The Kier molecular flexibility index (Phi) is 6.09. The molecule has 0 radical (unpaired) electrons. The van der Waals surface area contributed by atoms with Gasteiger partial charge in [-0.3, -0.25) is 0 Å². The van der Waals surface area contributed by atoms with E-state index in [2.05, 4.69) is 39.5 Å². The summed E-state index contributed by atoms with van der Waals surface area (Å²) in [6, 6.07) is 0. The molecule has 3 atom stereocenters. The molecule has 0 aromatic rings. The molecule has 0 aliphatic carbocycles. The quantitative estimate of drug-likeness (QED) is 0.793. The van der Waals surface area contributed by atoms with Gasteiger partial charge in [0.15, 0.2) is 0 Å². The van der Waals surface area contributed by atoms with E-state index >= 15 is 0 Å². The second kappa shape index (κ2) is 6.88. The monoisotopic (exact) mass is 257 g/mol. The standard InChI is InChI=1S/C15H31NO2/c1-6-15(4,5)18-11-14(17)10-16-8-12(2)7-13(3)9-16/h12-14,17H,6-11H2,1-5H3/t12-,13-,14-/m1/s1. The Morgan fingerprint density at radius 2 is 1.83 bits per heavy atom. The Balaban J connectivity index is 2.29. The van der Waals surface area contributed by atoms with Crippen molar-refractivity contribution in [2.45, 2.75) is 59.2 Å². The highest BCUT2D eigenvalue weighted by atomic mass is 16.5. The summed E-state index contributed by atoms with van der Waals surface area (Å²) in [5.41, 5.74) is -0.122. The molecule has 0 aromatic carbocycles. The van der Waals surface area contributed by atoms with Crippen LogP contribution in [0.5, 0.6) is 0 Å². The van der Waals surface area contributed by atoms with Gasteiger partial charge in [0.25, 0.3) is 0 Å². The molecule has 0 spiro atoms. The van der Waals surface area contributed by atoms with E-state index in [1.165, 1.54) is 6.42 Å². The molecule has 108 valence electrons. The van der Waals surface area contributed by atoms with Crippen LogP contribution in [0.1, 0.15) is 47.5 Å². The van der Waals surface area contributed by atoms with Crippen molar-refractivity contribution in [3.8, 4) is 0 Å². The van der Waals surface area contributed by atoms with Crippen molar-refractivity contribution < 1.29 is 9.84 Å². The van der Waals surface area contributed by atoms with E-state index in [9.17, 15) is 5.11 Å². The highest BCUT2D eigenvalue weighted by Gasteiger charge is 2.24. The molecule has 1 rings (SSSR count). The van der Waals surface area contributed by atoms with Crippen molar-refractivity contribution in [3.63, 3.8) is 0 Å². The SMILES string of the molecule is CCC(C)(C)OC[C@H](O)CN1C[C@H](C)C[C@@H](C)C1. The molecule has 1 fully saturated rings. The zero-order chi connectivity index (χ0) is 13.8. The van der Waals surface area contributed by atoms with Crippen LogP contribution in [0.15, 0.2) is 0 Å². The normalized spacial score (nSPS) is 28.3. The van der Waals surface area contributed by atoms with Gasteiger partial charge in [-0.1, -0.05) is 20.8 Å². The maximum Gasteiger partial charge on any atom is 0.0900 e. The summed E-state index contributed by atoms with van der Waals surface area (Å²) in [7, 11) is 0. The fourth-order valence-corrected chi connectivity index (χ4v) is 2.72. The zero-order valence-corrected chi connectivity index (χ0v) is 12.8. The number of aliphatic hydroxyl groups excluding tert-OH is 1. The van der Waals surface area contributed by atoms with E-state index in [0.29, 0.717) is 6.61 Å². The number of rotatable bonds is 6. The Morgan fingerprint density at radius 3 is 2.33 bits per heavy atom. The predicted octanol–water partition coefficient (Wildman–Crippen LogP) is 2.53. The predicted molar refractivity (Wildman–Crippen MR) is 75.7 cm³/mol. The molecular formula is C15H31NO2. The largest absolute Gasteiger partial charge is 0.389 e. The van der Waals surface area contributed by atoms with Gasteiger partial charge in [0.1, 0.15) is 0 Å². The smallest absolute Gasteiger partial charge is 0.0900 e. The Hall–Kier alpha value is -0.120. The fourth-order valence-electron chi connectivity index (χ4n) is 2.72. The van der Waals surface area contributed by atoms with Crippen molar-refractivity contribution in [1.29, 1.82) is 0 Å². The molecule has 1 aliphatic heterocycles. The molecule has 3 heteroatoms. The summed E-state index contributed by atoms with van der Waals surface area (Å²) >= 11 is 0. The van der Waals surface area contributed by atoms with Gasteiger partial charge < -0.3 is 14.7 Å². The van der Waals surface area contributed by atoms with Crippen molar-refractivity contribution in [1.82, 2.24) is 4.90 Å². The molecule has 0 amide bonds. The first-order valence-electron chi connectivity index (χ1n) is 7.36. The molecular weight excluding hydrogens is 226 g/mol. The lowest BCUT2D eigenvalue weighted by Gasteiger charge is -2.36. The van der Waals surface area contributed by atoms with Gasteiger partial charge in [-0.25, -0.2) is 0 Å². The molecule has 1 heterocycles. The van der Waals surface area contributed by atoms with Crippen LogP contribution in [-0.4, -0.2) is 48.0 Å². The van der Waals surface area contributed by atoms with Crippen molar-refractivity contribution in [2.75, 3.05) is 26.2 Å². The maximum absolute atomic E-state index is 10.1. The van der Waals surface area contributed by atoms with Gasteiger partial charge in [-0.2, -0.15) is 0 Å². The third kappa shape index (κ3) is 5.68. The maximum atomic E-state index is 10.1. The number of nitrogens with zero attached hydrogens (tertiary/aromatic N) is 1. The first-order chi connectivity index (χ1) is 8.32. The highest BCUT2D eigenvalue weighted by molar-refractivity contribution is 4.77. The molecule has 0 aromatic heterocycles. The van der Waals surface area contributed by atoms with Crippen LogP contribution in [0.25, 0.3) is 0 Å². The number of likely N-dealkylation sites (tertiary alicyclic amines) is 1. The van der Waals surface area contributed by atoms with Crippen LogP contribution in [0.3, 0.4) is 0 Å². The Labute approximate surface area is 113 Å². The Bertz CT molecular complexity index is 233. The van der Waals surface area contributed by atoms with Gasteiger partial charge in [0.2, 0.25) is 0 Å². The van der Waals surface area contributed by atoms with Crippen LogP contribution < -0.4 is 0 Å². The molecule has 1 N–H and O–H groups in total. The Morgan fingerprint density at radius 1 is 1.28 bits per heavy atom. The van der Waals surface area contributed by atoms with Crippen molar-refractivity contribution in [3.05, 3.63) is 0 Å². The van der Waals surface area contributed by atoms with E-state index < -0.39 is 0 Å². The van der Waals surface area contributed by atoms with Gasteiger partial charge >= 0.3 is 0 Å². The number of piperidine rings is 1. The average Bonchev–Trinajstić information content (AvgIpc) is 2.25. The fraction of sp³-hybridized carbons (Fsp3) is 1.00. The summed E-state index contributed by atoms with van der Waals surface area (Å²) in [6.07, 6.45) is 1.91. The lowest BCUT2D eigenvalue weighted by Crippen LogP contribution is -2.44. The van der Waals surface area contributed by atoms with Crippen LogP contribution in [-0.2, 0) is 4.74 Å². The minimum Gasteiger partial charge on any atom is -0.389 e. The first kappa shape index (κ1) is 15.9. The summed E-state index contributed by atoms with van der Waals surface area (Å²) in [5.74, 6) is 1.49. The van der Waals surface area contributed by atoms with E-state index in [1.807, 2.05) is 0 Å². The molecule has 1 saturated heterocycles. The average molecular weight is 257 g/mol. The van der Waals surface area contributed by atoms with Crippen LogP contribution >= 0.6 is 0 Å². The number of ether oxygens (including phenoxy) is 1. The lowest BCUT2D eigenvalue weighted by molar-refractivity contribution is -0.0701. The number of hydrogen-bond donors (Lipinski definition) is 1. The van der Waals surface area contributed by atoms with Gasteiger partial charge in [-0.05, 0) is 38.5 Å². The molecule has 3 nitrogen and oxygen atoms in total. The number of hydrogen-bond acceptors (Lipinski definition) is 3. The third-order valence-electron chi connectivity index (χ3n) is 3.93. The van der Waals surface area contributed by atoms with Crippen molar-refractivity contribution >= 4 is 0 Å². The molecule has 0 unspecified atom stereocenters. The van der Waals surface area contributed by atoms with E-state index in [1.54, 1.807) is 0 Å². The summed E-state index contributed by atoms with van der Waals surface area (Å²) in [6.45, 7) is 14.3. The topological polar surface area (TPSA) is 32.7 Å². The van der Waals surface area contributed by atoms with E-state index in [-0.39, 0.29) is 11.7 Å². The highest BCUT2D eigenvalue weighted by Crippen LogP contribution is 2.21. The van der Waals surface area contributed by atoms with Crippen LogP contribution in [0, 0.1) is 11.8 Å². The first-order valence-corrected chi connectivity index (χ1v) is 7.36. The van der Waals surface area contributed by atoms with Crippen molar-refractivity contribution in [2.24, 2.45) is 11.8 Å². The zero-order valence-electron chi connectivity index (χ0n) is 12.8. The summed E-state index contributed by atoms with van der Waals surface area (Å²) in [4.78, 5) is 2.38. The summed E-state index contributed by atoms with van der Waals surface area (Å²) < 4.78 is 5.76. The minimum atomic E-state index is -0.367. The molecule has 18 heavy (non-hydrogen) atoms. The molecule has 0 saturated carbocycles. The third-order valence-corrected chi connectivity index (χ3v) is 3.93. The minimum absolute atomic E-state index is 0.122. The van der Waals surface area contributed by atoms with Gasteiger partial charge in [0.05, 0.1) is 18.3 Å². The van der Waals surface area contributed by atoms with Gasteiger partial charge in [0, 0.05) is 19.6 Å². The molecule has 1 aliphatic rings. The number of aliphatic hydroxyl groups is 1. The van der Waals surface area contributed by atoms with E-state index in [4.69, 9.17) is 4.74 Å². The van der Waals surface area contributed by atoms with Crippen LogP contribution in [0.2, 0.25) is 0 Å². The lowest BCUT2D eigenvalue weighted by atomic mass is 9.92. The van der Waals surface area contributed by atoms with Crippen LogP contribution in [0.4, 0.5) is 0 Å². The number of β-amino-alcohol motifs (C(OH)–C–C–N with tert-alkyl or cyclic N) is 1. The second-order valence-electron chi connectivity index (χ2n) is 6.74.